The first-order valence-electron chi connectivity index (χ1n) is 6.52. The SMILES string of the molecule is O=c1c2cccnc2sn1CCN1CCCCC1. The molecule has 2 aromatic heterocycles. The summed E-state index contributed by atoms with van der Waals surface area (Å²) in [5.41, 5.74) is 0.111. The normalized spacial score (nSPS) is 17.3. The van der Waals surface area contributed by atoms with Gasteiger partial charge < -0.3 is 4.90 Å². The number of rotatable bonds is 3. The smallest absolute Gasteiger partial charge is 0.270 e. The van der Waals surface area contributed by atoms with Crippen molar-refractivity contribution >= 4 is 21.7 Å². The van der Waals surface area contributed by atoms with Crippen LogP contribution in [0.4, 0.5) is 0 Å². The average molecular weight is 263 g/mol. The number of pyridine rings is 1. The monoisotopic (exact) mass is 263 g/mol. The van der Waals surface area contributed by atoms with Gasteiger partial charge in [0, 0.05) is 19.3 Å². The minimum atomic E-state index is 0.111. The lowest BCUT2D eigenvalue weighted by atomic mass is 10.1. The van der Waals surface area contributed by atoms with Crippen molar-refractivity contribution in [2.24, 2.45) is 0 Å². The van der Waals surface area contributed by atoms with Crippen LogP contribution in [0.15, 0.2) is 23.1 Å². The molecule has 5 heteroatoms. The number of likely N-dealkylation sites (tertiary alicyclic amines) is 1. The zero-order chi connectivity index (χ0) is 12.4. The summed E-state index contributed by atoms with van der Waals surface area (Å²) in [6.07, 6.45) is 5.68. The highest BCUT2D eigenvalue weighted by molar-refractivity contribution is 7.13. The Balaban J connectivity index is 1.74. The van der Waals surface area contributed by atoms with E-state index in [0.29, 0.717) is 0 Å². The van der Waals surface area contributed by atoms with Crippen LogP contribution >= 0.6 is 11.5 Å². The van der Waals surface area contributed by atoms with Gasteiger partial charge in [0.15, 0.2) is 0 Å². The van der Waals surface area contributed by atoms with E-state index in [1.807, 2.05) is 16.1 Å². The lowest BCUT2D eigenvalue weighted by molar-refractivity contribution is 0.222. The molecular formula is C13H17N3OS. The van der Waals surface area contributed by atoms with Crippen molar-refractivity contribution in [3.63, 3.8) is 0 Å². The molecule has 0 bridgehead atoms. The van der Waals surface area contributed by atoms with Gasteiger partial charge in [-0.25, -0.2) is 4.98 Å². The van der Waals surface area contributed by atoms with Gasteiger partial charge >= 0.3 is 0 Å². The predicted molar refractivity (Wildman–Crippen MR) is 74.2 cm³/mol. The van der Waals surface area contributed by atoms with E-state index in [4.69, 9.17) is 0 Å². The minimum absolute atomic E-state index is 0.111. The Bertz CT molecular complexity index is 583. The van der Waals surface area contributed by atoms with Crippen molar-refractivity contribution in [2.45, 2.75) is 25.8 Å². The maximum Gasteiger partial charge on any atom is 0.270 e. The van der Waals surface area contributed by atoms with Crippen molar-refractivity contribution in [3.05, 3.63) is 28.7 Å². The van der Waals surface area contributed by atoms with E-state index < -0.39 is 0 Å². The fraction of sp³-hybridized carbons (Fsp3) is 0.538. The number of fused-ring (bicyclic) bond motifs is 1. The Morgan fingerprint density at radius 1 is 1.22 bits per heavy atom. The zero-order valence-electron chi connectivity index (χ0n) is 10.3. The van der Waals surface area contributed by atoms with Gasteiger partial charge in [-0.15, -0.1) is 0 Å². The molecule has 3 heterocycles. The fourth-order valence-corrected chi connectivity index (χ4v) is 3.39. The van der Waals surface area contributed by atoms with Gasteiger partial charge in [0.2, 0.25) is 0 Å². The summed E-state index contributed by atoms with van der Waals surface area (Å²) in [6, 6.07) is 3.68. The predicted octanol–water partition coefficient (Wildman–Crippen LogP) is 1.94. The molecular weight excluding hydrogens is 246 g/mol. The van der Waals surface area contributed by atoms with Crippen molar-refractivity contribution in [1.82, 2.24) is 13.8 Å². The summed E-state index contributed by atoms with van der Waals surface area (Å²) in [5, 5.41) is 0.751. The van der Waals surface area contributed by atoms with Crippen LogP contribution in [-0.4, -0.2) is 33.5 Å². The second kappa shape index (κ2) is 5.20. The van der Waals surface area contributed by atoms with Gasteiger partial charge in [0.05, 0.1) is 5.39 Å². The van der Waals surface area contributed by atoms with Crippen LogP contribution in [0.5, 0.6) is 0 Å². The van der Waals surface area contributed by atoms with E-state index in [1.54, 1.807) is 6.20 Å². The van der Waals surface area contributed by atoms with Gasteiger partial charge in [-0.05, 0) is 49.6 Å². The molecule has 0 aliphatic carbocycles. The molecule has 1 aliphatic rings. The lowest BCUT2D eigenvalue weighted by Gasteiger charge is -2.26. The minimum Gasteiger partial charge on any atom is -0.302 e. The molecule has 0 atom stereocenters. The first kappa shape index (κ1) is 11.9. The number of piperidine rings is 1. The van der Waals surface area contributed by atoms with Crippen LogP contribution in [0.3, 0.4) is 0 Å². The van der Waals surface area contributed by atoms with Crippen LogP contribution in [-0.2, 0) is 6.54 Å². The molecule has 0 radical (unpaired) electrons. The van der Waals surface area contributed by atoms with E-state index in [0.717, 1.165) is 23.3 Å². The van der Waals surface area contributed by atoms with Gasteiger partial charge in [-0.2, -0.15) is 0 Å². The molecule has 96 valence electrons. The molecule has 0 spiro atoms. The van der Waals surface area contributed by atoms with Crippen molar-refractivity contribution in [1.29, 1.82) is 0 Å². The fourth-order valence-electron chi connectivity index (χ4n) is 2.47. The highest BCUT2D eigenvalue weighted by Crippen LogP contribution is 2.13. The third-order valence-electron chi connectivity index (χ3n) is 3.49. The summed E-state index contributed by atoms with van der Waals surface area (Å²) in [6.45, 7) is 4.13. The molecule has 2 aromatic rings. The summed E-state index contributed by atoms with van der Waals surface area (Å²) in [5.74, 6) is 0. The van der Waals surface area contributed by atoms with Gasteiger partial charge in [-0.3, -0.25) is 8.75 Å². The largest absolute Gasteiger partial charge is 0.302 e. The number of aromatic nitrogens is 2. The Kier molecular flexibility index (Phi) is 3.43. The summed E-state index contributed by atoms with van der Waals surface area (Å²) in [7, 11) is 0. The third kappa shape index (κ3) is 2.33. The molecule has 0 amide bonds. The second-order valence-corrected chi connectivity index (χ2v) is 5.77. The molecule has 1 fully saturated rings. The Labute approximate surface area is 110 Å². The zero-order valence-corrected chi connectivity index (χ0v) is 11.2. The van der Waals surface area contributed by atoms with Crippen LogP contribution in [0, 0.1) is 0 Å². The first-order chi connectivity index (χ1) is 8.84. The standard InChI is InChI=1S/C13H17N3OS/c17-13-11-5-4-6-14-12(11)18-16(13)10-9-15-7-2-1-3-8-15/h4-6H,1-3,7-10H2. The molecule has 0 aromatic carbocycles. The topological polar surface area (TPSA) is 38.1 Å². The van der Waals surface area contributed by atoms with Crippen LogP contribution < -0.4 is 5.56 Å². The molecule has 0 saturated carbocycles. The molecule has 0 unspecified atom stereocenters. The van der Waals surface area contributed by atoms with Crippen LogP contribution in [0.1, 0.15) is 19.3 Å². The maximum absolute atomic E-state index is 12.1. The second-order valence-electron chi connectivity index (χ2n) is 4.76. The number of nitrogens with zero attached hydrogens (tertiary/aromatic N) is 3. The van der Waals surface area contributed by atoms with Crippen LogP contribution in [0.25, 0.3) is 10.2 Å². The van der Waals surface area contributed by atoms with Gasteiger partial charge in [-0.1, -0.05) is 6.42 Å². The summed E-state index contributed by atoms with van der Waals surface area (Å²) in [4.78, 5) is 19.7. The molecule has 18 heavy (non-hydrogen) atoms. The maximum atomic E-state index is 12.1. The van der Waals surface area contributed by atoms with E-state index in [2.05, 4.69) is 9.88 Å². The van der Waals surface area contributed by atoms with Crippen molar-refractivity contribution in [2.75, 3.05) is 19.6 Å². The Hall–Kier alpha value is -1.20. The average Bonchev–Trinajstić information content (AvgIpc) is 2.75. The highest BCUT2D eigenvalue weighted by Gasteiger charge is 2.12. The first-order valence-corrected chi connectivity index (χ1v) is 7.29. The van der Waals surface area contributed by atoms with E-state index >= 15 is 0 Å². The number of hydrogen-bond donors (Lipinski definition) is 0. The van der Waals surface area contributed by atoms with E-state index in [1.165, 1.54) is 43.9 Å². The van der Waals surface area contributed by atoms with Crippen LogP contribution in [0.2, 0.25) is 0 Å². The molecule has 3 rings (SSSR count). The van der Waals surface area contributed by atoms with Gasteiger partial charge in [0.1, 0.15) is 4.83 Å². The van der Waals surface area contributed by atoms with E-state index in [-0.39, 0.29) is 5.56 Å². The lowest BCUT2D eigenvalue weighted by Crippen LogP contribution is -2.33. The van der Waals surface area contributed by atoms with Gasteiger partial charge in [0.25, 0.3) is 5.56 Å². The number of hydrogen-bond acceptors (Lipinski definition) is 4. The van der Waals surface area contributed by atoms with Crippen molar-refractivity contribution in [3.8, 4) is 0 Å². The molecule has 4 nitrogen and oxygen atoms in total. The Morgan fingerprint density at radius 3 is 2.83 bits per heavy atom. The van der Waals surface area contributed by atoms with Crippen molar-refractivity contribution < 1.29 is 0 Å². The third-order valence-corrected chi connectivity index (χ3v) is 4.56. The molecule has 1 aliphatic heterocycles. The van der Waals surface area contributed by atoms with E-state index in [9.17, 15) is 4.79 Å². The Morgan fingerprint density at radius 2 is 2.06 bits per heavy atom. The summed E-state index contributed by atoms with van der Waals surface area (Å²) < 4.78 is 1.84. The highest BCUT2D eigenvalue weighted by atomic mass is 32.1. The molecule has 0 N–H and O–H groups in total. The molecule has 1 saturated heterocycles. The quantitative estimate of drug-likeness (QED) is 0.849. The summed E-state index contributed by atoms with van der Waals surface area (Å²) >= 11 is 1.48.